The molecule has 0 N–H and O–H groups in total. The van der Waals surface area contributed by atoms with Gasteiger partial charge in [-0.1, -0.05) is 66.7 Å². The van der Waals surface area contributed by atoms with Gasteiger partial charge in [-0.05, 0) is 157 Å². The lowest BCUT2D eigenvalue weighted by molar-refractivity contribution is 0.0732. The minimum atomic E-state index is -0.713. The molecule has 6 aromatic carbocycles. The number of carbonyl (C=O) groups excluding carboxylic acids is 2. The summed E-state index contributed by atoms with van der Waals surface area (Å²) in [6.45, 7) is 1.54. The van der Waals surface area contributed by atoms with Gasteiger partial charge in [-0.25, -0.2) is 4.79 Å². The number of benzene rings is 6. The van der Waals surface area contributed by atoms with E-state index in [-0.39, 0.29) is 5.78 Å². The van der Waals surface area contributed by atoms with E-state index in [9.17, 15) is 9.59 Å². The van der Waals surface area contributed by atoms with Gasteiger partial charge in [0.1, 0.15) is 5.75 Å². The number of ether oxygens (including phenoxy) is 2. The Morgan fingerprint density at radius 1 is 0.574 bits per heavy atom. The van der Waals surface area contributed by atoms with Crippen LogP contribution in [0.1, 0.15) is 49.9 Å². The molecule has 7 rings (SSSR count). The second-order valence-corrected chi connectivity index (χ2v) is 14.7. The Morgan fingerprint density at radius 3 is 1.51 bits per heavy atom. The maximum atomic E-state index is 13.5. The zero-order chi connectivity index (χ0) is 33.0. The van der Waals surface area contributed by atoms with Crippen LogP contribution in [-0.4, -0.2) is 18.9 Å². The third-order valence-electron chi connectivity index (χ3n) is 8.70. The number of hydrogen-bond donors (Lipinski definition) is 0. The number of halogens is 4. The molecule has 0 atom stereocenters. The number of carbonyl (C=O) groups is 2. The molecule has 0 heterocycles. The topological polar surface area (TPSA) is 52.6 Å². The van der Waals surface area contributed by atoms with Crippen LogP contribution in [0, 0.1) is 0 Å². The van der Waals surface area contributed by atoms with Crippen LogP contribution in [0.2, 0.25) is 0 Å². The van der Waals surface area contributed by atoms with Crippen LogP contribution in [0.25, 0.3) is 21.9 Å². The second kappa shape index (κ2) is 12.5. The average Bonchev–Trinajstić information content (AvgIpc) is 3.37. The molecule has 0 radical (unpaired) electrons. The summed E-state index contributed by atoms with van der Waals surface area (Å²) in [5.74, 6) is 0.580. The Balaban J connectivity index is 1.36. The molecule has 0 saturated carbocycles. The maximum absolute atomic E-state index is 13.5. The first kappa shape index (κ1) is 32.0. The highest BCUT2D eigenvalue weighted by Crippen LogP contribution is 2.58. The molecule has 0 bridgehead atoms. The fraction of sp³-hybridized carbons (Fsp3) is 0.0769. The Labute approximate surface area is 305 Å². The van der Waals surface area contributed by atoms with Crippen molar-refractivity contribution in [3.63, 3.8) is 0 Å². The highest BCUT2D eigenvalue weighted by molar-refractivity contribution is 9.11. The minimum absolute atomic E-state index is 0.00727. The van der Waals surface area contributed by atoms with Crippen molar-refractivity contribution in [3.8, 4) is 22.6 Å². The molecule has 0 amide bonds. The van der Waals surface area contributed by atoms with Gasteiger partial charge in [0.15, 0.2) is 11.5 Å². The Hall–Kier alpha value is -3.56. The first-order valence-corrected chi connectivity index (χ1v) is 17.8. The van der Waals surface area contributed by atoms with Gasteiger partial charge in [-0.3, -0.25) is 4.79 Å². The summed E-state index contributed by atoms with van der Waals surface area (Å²) >= 11 is 15.0. The van der Waals surface area contributed by atoms with E-state index >= 15 is 0 Å². The fourth-order valence-corrected chi connectivity index (χ4v) is 9.47. The van der Waals surface area contributed by atoms with Crippen LogP contribution in [0.5, 0.6) is 11.5 Å². The van der Waals surface area contributed by atoms with E-state index in [1.165, 1.54) is 6.92 Å². The van der Waals surface area contributed by atoms with Gasteiger partial charge < -0.3 is 9.47 Å². The molecule has 0 saturated heterocycles. The maximum Gasteiger partial charge on any atom is 0.343 e. The first-order valence-electron chi connectivity index (χ1n) is 14.6. The second-order valence-electron chi connectivity index (χ2n) is 11.3. The van der Waals surface area contributed by atoms with Crippen molar-refractivity contribution >= 4 is 86.2 Å². The Bertz CT molecular complexity index is 2180. The summed E-state index contributed by atoms with van der Waals surface area (Å²) in [7, 11) is 1.65. The predicted octanol–water partition coefficient (Wildman–Crippen LogP) is 11.7. The van der Waals surface area contributed by atoms with Crippen molar-refractivity contribution < 1.29 is 19.1 Å². The number of methoxy groups -OCH3 is 1. The van der Waals surface area contributed by atoms with Crippen molar-refractivity contribution in [2.24, 2.45) is 0 Å². The standard InChI is InChI=1S/C39H24Br4O4/c1-21(44)22-11-12-24-16-25(14-13-23(24)15-22)38(45)47-37-34(42)19-27(20-35(37)43)39(26-17-32(40)36(46-2)33(41)18-26)30-9-5-3-7-28(30)29-8-4-6-10-31(29)39/h3-20H,1-2H3. The van der Waals surface area contributed by atoms with Crippen LogP contribution in [0.15, 0.2) is 127 Å². The molecule has 4 nitrogen and oxygen atoms in total. The van der Waals surface area contributed by atoms with E-state index < -0.39 is 11.4 Å². The van der Waals surface area contributed by atoms with Gasteiger partial charge in [0.25, 0.3) is 0 Å². The van der Waals surface area contributed by atoms with E-state index in [0.29, 0.717) is 31.6 Å². The van der Waals surface area contributed by atoms with Crippen LogP contribution in [-0.2, 0) is 5.41 Å². The first-order chi connectivity index (χ1) is 22.6. The van der Waals surface area contributed by atoms with Gasteiger partial charge in [0, 0.05) is 5.56 Å². The number of esters is 1. The lowest BCUT2D eigenvalue weighted by Crippen LogP contribution is -2.29. The van der Waals surface area contributed by atoms with Gasteiger partial charge >= 0.3 is 5.97 Å². The van der Waals surface area contributed by atoms with E-state index in [0.717, 1.165) is 53.1 Å². The monoisotopic (exact) mass is 872 g/mol. The van der Waals surface area contributed by atoms with Crippen molar-refractivity contribution in [1.29, 1.82) is 0 Å². The minimum Gasteiger partial charge on any atom is -0.494 e. The molecule has 6 aromatic rings. The Kier molecular flexibility index (Phi) is 8.49. The average molecular weight is 876 g/mol. The van der Waals surface area contributed by atoms with Crippen molar-refractivity contribution in [2.75, 3.05) is 7.11 Å². The molecule has 1 aliphatic rings. The number of hydrogen-bond acceptors (Lipinski definition) is 4. The number of Topliss-reactive ketones (excluding diaryl/α,β-unsaturated/α-hetero) is 1. The highest BCUT2D eigenvalue weighted by Gasteiger charge is 2.47. The number of ketones is 1. The molecule has 0 aliphatic heterocycles. The molecular weight excluding hydrogens is 852 g/mol. The zero-order valence-electron chi connectivity index (χ0n) is 25.0. The lowest BCUT2D eigenvalue weighted by Gasteiger charge is -2.35. The highest BCUT2D eigenvalue weighted by atomic mass is 79.9. The van der Waals surface area contributed by atoms with Crippen LogP contribution in [0.4, 0.5) is 0 Å². The number of fused-ring (bicyclic) bond motifs is 4. The molecule has 47 heavy (non-hydrogen) atoms. The van der Waals surface area contributed by atoms with Crippen LogP contribution < -0.4 is 9.47 Å². The SMILES string of the molecule is COc1c(Br)cc(C2(c3cc(Br)c(OC(=O)c4ccc5cc(C(C)=O)ccc5c4)c(Br)c3)c3ccccc3-c3ccccc32)cc1Br. The quantitative estimate of drug-likeness (QED) is 0.0949. The zero-order valence-corrected chi connectivity index (χ0v) is 31.4. The van der Waals surface area contributed by atoms with Crippen molar-refractivity contribution in [3.05, 3.63) is 160 Å². The fourth-order valence-electron chi connectivity index (χ4n) is 6.61. The molecule has 0 spiro atoms. The summed E-state index contributed by atoms with van der Waals surface area (Å²) in [5.41, 5.74) is 6.90. The van der Waals surface area contributed by atoms with E-state index in [2.05, 4.69) is 124 Å². The van der Waals surface area contributed by atoms with E-state index in [1.54, 1.807) is 25.3 Å². The van der Waals surface area contributed by atoms with E-state index in [1.807, 2.05) is 30.3 Å². The third kappa shape index (κ3) is 5.30. The summed E-state index contributed by atoms with van der Waals surface area (Å²) < 4.78 is 14.6. The summed E-state index contributed by atoms with van der Waals surface area (Å²) in [6, 6.07) is 36.0. The van der Waals surface area contributed by atoms with Crippen LogP contribution in [0.3, 0.4) is 0 Å². The van der Waals surface area contributed by atoms with E-state index in [4.69, 9.17) is 9.47 Å². The molecule has 0 aromatic heterocycles. The molecule has 232 valence electrons. The van der Waals surface area contributed by atoms with Gasteiger partial charge in [-0.2, -0.15) is 0 Å². The summed E-state index contributed by atoms with van der Waals surface area (Å²) in [4.78, 5) is 25.3. The Morgan fingerprint density at radius 2 is 1.02 bits per heavy atom. The lowest BCUT2D eigenvalue weighted by atomic mass is 9.67. The van der Waals surface area contributed by atoms with Gasteiger partial charge in [-0.15, -0.1) is 0 Å². The summed E-state index contributed by atoms with van der Waals surface area (Å²) in [5, 5.41) is 1.72. The molecule has 0 unspecified atom stereocenters. The smallest absolute Gasteiger partial charge is 0.343 e. The van der Waals surface area contributed by atoms with Crippen molar-refractivity contribution in [2.45, 2.75) is 12.3 Å². The van der Waals surface area contributed by atoms with Crippen molar-refractivity contribution in [1.82, 2.24) is 0 Å². The normalized spacial score (nSPS) is 12.8. The molecule has 0 fully saturated rings. The largest absolute Gasteiger partial charge is 0.494 e. The van der Waals surface area contributed by atoms with Gasteiger partial charge in [0.2, 0.25) is 0 Å². The van der Waals surface area contributed by atoms with Gasteiger partial charge in [0.05, 0.1) is 36.0 Å². The molecular formula is C39H24Br4O4. The molecule has 1 aliphatic carbocycles. The third-order valence-corrected chi connectivity index (χ3v) is 11.1. The number of rotatable bonds is 6. The molecule has 8 heteroatoms. The van der Waals surface area contributed by atoms with Crippen LogP contribution >= 0.6 is 63.7 Å². The summed E-state index contributed by atoms with van der Waals surface area (Å²) in [6.07, 6.45) is 0. The predicted molar refractivity (Wildman–Crippen MR) is 200 cm³/mol.